The Morgan fingerprint density at radius 2 is 1.37 bits per heavy atom. The fourth-order valence-electron chi connectivity index (χ4n) is 9.01. The summed E-state index contributed by atoms with van der Waals surface area (Å²) < 4.78 is 11.4. The van der Waals surface area contributed by atoms with Crippen molar-refractivity contribution in [1.82, 2.24) is 14.5 Å². The monoisotopic (exact) mass is 767 g/mol. The van der Waals surface area contributed by atoms with Gasteiger partial charge in [-0.1, -0.05) is 116 Å². The molecule has 0 amide bonds. The number of allylic oxidation sites excluding steroid dienone is 1. The SMILES string of the molecule is CC/C=C\c1sc2nc(-c3cccc4oc5ccccc5c34)nc(-c3cccc(-n4c5ccccc5c5c6ccccc6c6sc7ccccc7c6c54)c3)c2c1C. The van der Waals surface area contributed by atoms with Crippen molar-refractivity contribution in [1.29, 1.82) is 0 Å². The second kappa shape index (κ2) is 12.5. The lowest BCUT2D eigenvalue weighted by Crippen LogP contribution is -1.98. The Hall–Kier alpha value is -6.60. The maximum Gasteiger partial charge on any atom is 0.162 e. The number of aryl methyl sites for hydroxylation is 1. The Bertz CT molecular complexity index is 3650. The number of para-hydroxylation sites is 2. The molecule has 0 radical (unpaired) electrons. The third-order valence-corrected chi connectivity index (χ3v) is 13.9. The topological polar surface area (TPSA) is 43.9 Å². The van der Waals surface area contributed by atoms with Crippen LogP contribution < -0.4 is 0 Å². The van der Waals surface area contributed by atoms with E-state index in [-0.39, 0.29) is 0 Å². The fourth-order valence-corrected chi connectivity index (χ4v) is 11.4. The van der Waals surface area contributed by atoms with E-state index in [0.717, 1.165) is 61.1 Å². The van der Waals surface area contributed by atoms with Gasteiger partial charge in [-0.2, -0.15) is 0 Å². The number of fused-ring (bicyclic) bond motifs is 14. The maximum absolute atomic E-state index is 6.33. The quantitative estimate of drug-likeness (QED) is 0.175. The molecule has 57 heavy (non-hydrogen) atoms. The van der Waals surface area contributed by atoms with Gasteiger partial charge in [0.25, 0.3) is 0 Å². The van der Waals surface area contributed by atoms with Crippen molar-refractivity contribution in [3.05, 3.63) is 156 Å². The molecule has 0 aliphatic carbocycles. The third-order valence-electron chi connectivity index (χ3n) is 11.5. The highest BCUT2D eigenvalue weighted by atomic mass is 32.1. The van der Waals surface area contributed by atoms with Crippen molar-refractivity contribution in [3.63, 3.8) is 0 Å². The van der Waals surface area contributed by atoms with Gasteiger partial charge in [-0.05, 0) is 66.8 Å². The van der Waals surface area contributed by atoms with Gasteiger partial charge in [0.2, 0.25) is 0 Å². The summed E-state index contributed by atoms with van der Waals surface area (Å²) >= 11 is 3.63. The van der Waals surface area contributed by atoms with Crippen LogP contribution in [-0.4, -0.2) is 14.5 Å². The van der Waals surface area contributed by atoms with Crippen LogP contribution in [-0.2, 0) is 0 Å². The second-order valence-electron chi connectivity index (χ2n) is 14.7. The molecular weight excluding hydrogens is 735 g/mol. The van der Waals surface area contributed by atoms with Crippen molar-refractivity contribution in [2.75, 3.05) is 0 Å². The molecule has 0 aliphatic heterocycles. The Morgan fingerprint density at radius 1 is 0.632 bits per heavy atom. The number of nitrogens with zero attached hydrogens (tertiary/aromatic N) is 3. The fraction of sp³-hybridized carbons (Fsp3) is 0.0588. The number of rotatable bonds is 5. The van der Waals surface area contributed by atoms with Crippen LogP contribution in [0.15, 0.2) is 150 Å². The lowest BCUT2D eigenvalue weighted by molar-refractivity contribution is 0.669. The first-order valence-corrected chi connectivity index (χ1v) is 21.0. The molecule has 5 heterocycles. The average Bonchev–Trinajstić information content (AvgIpc) is 4.01. The number of furan rings is 1. The van der Waals surface area contributed by atoms with Crippen molar-refractivity contribution < 1.29 is 4.42 Å². The largest absolute Gasteiger partial charge is 0.456 e. The van der Waals surface area contributed by atoms with E-state index in [9.17, 15) is 0 Å². The third kappa shape index (κ3) is 4.72. The molecule has 7 aromatic carbocycles. The van der Waals surface area contributed by atoms with Gasteiger partial charge in [-0.25, -0.2) is 9.97 Å². The molecule has 0 atom stereocenters. The molecule has 12 rings (SSSR count). The van der Waals surface area contributed by atoms with Crippen LogP contribution >= 0.6 is 22.7 Å². The maximum atomic E-state index is 6.33. The minimum absolute atomic E-state index is 0.696. The molecular formula is C51H33N3OS2. The molecule has 12 aromatic rings. The van der Waals surface area contributed by atoms with Gasteiger partial charge in [-0.3, -0.25) is 0 Å². The lowest BCUT2D eigenvalue weighted by atomic mass is 9.99. The summed E-state index contributed by atoms with van der Waals surface area (Å²) in [5, 5.41) is 10.9. The Balaban J connectivity index is 1.17. The first-order valence-electron chi connectivity index (χ1n) is 19.4. The highest BCUT2D eigenvalue weighted by Crippen LogP contribution is 2.48. The van der Waals surface area contributed by atoms with Gasteiger partial charge in [0.05, 0.1) is 16.7 Å². The van der Waals surface area contributed by atoms with E-state index in [2.05, 4.69) is 146 Å². The molecule has 0 bridgehead atoms. The van der Waals surface area contributed by atoms with Gasteiger partial charge in [0.1, 0.15) is 16.0 Å². The Kier molecular flexibility index (Phi) is 7.13. The van der Waals surface area contributed by atoms with Crippen LogP contribution in [0.5, 0.6) is 0 Å². The molecule has 0 saturated heterocycles. The molecule has 0 saturated carbocycles. The van der Waals surface area contributed by atoms with Crippen LogP contribution in [0.4, 0.5) is 0 Å². The van der Waals surface area contributed by atoms with Gasteiger partial charge in [0, 0.05) is 74.2 Å². The van der Waals surface area contributed by atoms with Gasteiger partial charge >= 0.3 is 0 Å². The minimum Gasteiger partial charge on any atom is -0.456 e. The van der Waals surface area contributed by atoms with Crippen LogP contribution in [0.1, 0.15) is 23.8 Å². The van der Waals surface area contributed by atoms with Gasteiger partial charge in [0.15, 0.2) is 5.82 Å². The van der Waals surface area contributed by atoms with E-state index in [1.165, 1.54) is 63.2 Å². The van der Waals surface area contributed by atoms with Gasteiger partial charge < -0.3 is 8.98 Å². The summed E-state index contributed by atoms with van der Waals surface area (Å²) in [5.41, 5.74) is 9.37. The summed E-state index contributed by atoms with van der Waals surface area (Å²) in [4.78, 5) is 13.0. The van der Waals surface area contributed by atoms with E-state index in [1.807, 2.05) is 35.6 Å². The van der Waals surface area contributed by atoms with E-state index in [1.54, 1.807) is 11.3 Å². The molecule has 0 spiro atoms. The summed E-state index contributed by atoms with van der Waals surface area (Å²) in [7, 11) is 0. The van der Waals surface area contributed by atoms with Crippen molar-refractivity contribution >= 4 is 114 Å². The standard InChI is InChI=1S/C51H33N3OS2/c1-3-4-26-41-29(2)43-47(52-50(53-51(43)57-41)37-22-14-25-40-44(37)35-20-8-11-24-39(35)55-40)30-15-13-16-31(28-30)54-38-23-10-7-19-34(38)45-32-17-5-6-18-33(32)49-46(48(45)54)36-21-9-12-27-42(36)56-49/h4-28H,3H2,1-2H3/b26-4-. The Morgan fingerprint density at radius 3 is 2.25 bits per heavy atom. The predicted octanol–water partition coefficient (Wildman–Crippen LogP) is 15.3. The molecule has 0 unspecified atom stereocenters. The van der Waals surface area contributed by atoms with Crippen LogP contribution in [0.25, 0.3) is 119 Å². The van der Waals surface area contributed by atoms with Crippen LogP contribution in [0.2, 0.25) is 0 Å². The lowest BCUT2D eigenvalue weighted by Gasteiger charge is -2.13. The number of thiophene rings is 2. The normalized spacial score (nSPS) is 12.4. The molecule has 6 heteroatoms. The number of hydrogen-bond acceptors (Lipinski definition) is 5. The zero-order valence-electron chi connectivity index (χ0n) is 31.2. The number of aromatic nitrogens is 3. The predicted molar refractivity (Wildman–Crippen MR) is 244 cm³/mol. The molecule has 270 valence electrons. The number of hydrogen-bond donors (Lipinski definition) is 0. The summed E-state index contributed by atoms with van der Waals surface area (Å²) in [6, 6.07) is 50.1. The highest BCUT2D eigenvalue weighted by molar-refractivity contribution is 7.27. The highest BCUT2D eigenvalue weighted by Gasteiger charge is 2.24. The summed E-state index contributed by atoms with van der Waals surface area (Å²) in [6.45, 7) is 4.39. The summed E-state index contributed by atoms with van der Waals surface area (Å²) in [5.74, 6) is 0.696. The van der Waals surface area contributed by atoms with Gasteiger partial charge in [-0.15, -0.1) is 22.7 Å². The van der Waals surface area contributed by atoms with Crippen LogP contribution in [0.3, 0.4) is 0 Å². The zero-order chi connectivity index (χ0) is 37.8. The minimum atomic E-state index is 0.696. The Labute approximate surface area is 335 Å². The molecule has 4 nitrogen and oxygen atoms in total. The van der Waals surface area contributed by atoms with Crippen LogP contribution in [0, 0.1) is 6.92 Å². The van der Waals surface area contributed by atoms with E-state index >= 15 is 0 Å². The smallest absolute Gasteiger partial charge is 0.162 e. The molecule has 0 fully saturated rings. The zero-order valence-corrected chi connectivity index (χ0v) is 32.8. The molecule has 0 N–H and O–H groups in total. The van der Waals surface area contributed by atoms with Crippen molar-refractivity contribution in [2.24, 2.45) is 0 Å². The van der Waals surface area contributed by atoms with E-state index < -0.39 is 0 Å². The summed E-state index contributed by atoms with van der Waals surface area (Å²) in [6.07, 6.45) is 5.44. The average molecular weight is 768 g/mol. The molecule has 5 aromatic heterocycles. The van der Waals surface area contributed by atoms with Crippen molar-refractivity contribution in [2.45, 2.75) is 20.3 Å². The van der Waals surface area contributed by atoms with E-state index in [0.29, 0.717) is 5.82 Å². The number of benzene rings is 7. The van der Waals surface area contributed by atoms with Crippen molar-refractivity contribution in [3.8, 4) is 28.3 Å². The molecule has 0 aliphatic rings. The van der Waals surface area contributed by atoms with E-state index in [4.69, 9.17) is 14.4 Å². The second-order valence-corrected chi connectivity index (χ2v) is 16.8. The first-order chi connectivity index (χ1) is 28.2. The first kappa shape index (κ1) is 32.6.